The first-order chi connectivity index (χ1) is 14.7. The molecule has 1 aliphatic carbocycles. The predicted molar refractivity (Wildman–Crippen MR) is 125 cm³/mol. The molecule has 3 N–H and O–H groups in total. The smallest absolute Gasteiger partial charge is 0.191 e. The maximum Gasteiger partial charge on any atom is 0.191 e. The van der Waals surface area contributed by atoms with E-state index in [2.05, 4.69) is 57.7 Å². The van der Waals surface area contributed by atoms with Crippen molar-refractivity contribution in [3.05, 3.63) is 35.9 Å². The number of piperazine rings is 1. The van der Waals surface area contributed by atoms with Crippen molar-refractivity contribution < 1.29 is 5.11 Å². The zero-order valence-corrected chi connectivity index (χ0v) is 18.7. The van der Waals surface area contributed by atoms with Crippen LogP contribution >= 0.6 is 0 Å². The fraction of sp³-hybridized carbons (Fsp3) is 0.708. The molecule has 0 unspecified atom stereocenters. The molecule has 2 aliphatic rings. The minimum atomic E-state index is -0.109. The number of nitrogens with one attached hydrogen (secondary N) is 2. The molecule has 1 aliphatic heterocycles. The minimum absolute atomic E-state index is 0.109. The van der Waals surface area contributed by atoms with E-state index in [0.717, 1.165) is 70.8 Å². The second kappa shape index (κ2) is 12.9. The van der Waals surface area contributed by atoms with E-state index >= 15 is 0 Å². The van der Waals surface area contributed by atoms with Gasteiger partial charge in [-0.1, -0.05) is 30.3 Å². The van der Waals surface area contributed by atoms with Gasteiger partial charge in [0.05, 0.1) is 6.10 Å². The van der Waals surface area contributed by atoms with Crippen LogP contribution in [0.5, 0.6) is 0 Å². The van der Waals surface area contributed by atoms with E-state index in [1.807, 2.05) is 0 Å². The highest BCUT2D eigenvalue weighted by Gasteiger charge is 2.20. The highest BCUT2D eigenvalue weighted by molar-refractivity contribution is 5.80. The summed E-state index contributed by atoms with van der Waals surface area (Å²) in [6, 6.07) is 11.2. The number of guanidine groups is 1. The molecule has 0 aromatic heterocycles. The summed E-state index contributed by atoms with van der Waals surface area (Å²) in [5.41, 5.74) is 1.42. The van der Waals surface area contributed by atoms with Crippen molar-refractivity contribution in [1.29, 1.82) is 0 Å². The Labute approximate surface area is 182 Å². The van der Waals surface area contributed by atoms with Crippen LogP contribution in [0, 0.1) is 0 Å². The average molecular weight is 416 g/mol. The fourth-order valence-electron chi connectivity index (χ4n) is 4.38. The second-order valence-electron chi connectivity index (χ2n) is 8.72. The van der Waals surface area contributed by atoms with Crippen molar-refractivity contribution in [2.24, 2.45) is 4.99 Å². The van der Waals surface area contributed by atoms with Gasteiger partial charge in [-0.15, -0.1) is 0 Å². The van der Waals surface area contributed by atoms with Gasteiger partial charge in [-0.05, 0) is 57.6 Å². The van der Waals surface area contributed by atoms with Crippen LogP contribution in [0.4, 0.5) is 0 Å². The van der Waals surface area contributed by atoms with Gasteiger partial charge in [0.1, 0.15) is 0 Å². The molecule has 1 saturated carbocycles. The topological polar surface area (TPSA) is 63.1 Å². The van der Waals surface area contributed by atoms with Crippen molar-refractivity contribution in [2.45, 2.75) is 64.1 Å². The Balaban J connectivity index is 1.28. The summed E-state index contributed by atoms with van der Waals surface area (Å²) in [5.74, 6) is 0.938. The van der Waals surface area contributed by atoms with E-state index < -0.39 is 0 Å². The van der Waals surface area contributed by atoms with Crippen LogP contribution in [0.25, 0.3) is 0 Å². The van der Waals surface area contributed by atoms with E-state index in [1.165, 1.54) is 31.6 Å². The predicted octanol–water partition coefficient (Wildman–Crippen LogP) is 2.44. The highest BCUT2D eigenvalue weighted by atomic mass is 16.3. The molecule has 1 aromatic carbocycles. The zero-order valence-electron chi connectivity index (χ0n) is 18.7. The van der Waals surface area contributed by atoms with Crippen molar-refractivity contribution in [3.63, 3.8) is 0 Å². The molecular formula is C24H41N5O. The van der Waals surface area contributed by atoms with Crippen LogP contribution in [-0.2, 0) is 6.54 Å². The molecule has 168 valence electrons. The Hall–Kier alpha value is -1.63. The van der Waals surface area contributed by atoms with Gasteiger partial charge < -0.3 is 20.6 Å². The Morgan fingerprint density at radius 2 is 1.70 bits per heavy atom. The van der Waals surface area contributed by atoms with E-state index in [9.17, 15) is 5.11 Å². The van der Waals surface area contributed by atoms with Gasteiger partial charge in [0.15, 0.2) is 5.96 Å². The molecule has 0 bridgehead atoms. The van der Waals surface area contributed by atoms with Crippen molar-refractivity contribution in [1.82, 2.24) is 20.4 Å². The van der Waals surface area contributed by atoms with Gasteiger partial charge in [0.25, 0.3) is 0 Å². The molecule has 0 radical (unpaired) electrons. The lowest BCUT2D eigenvalue weighted by atomic mass is 9.93. The van der Waals surface area contributed by atoms with Crippen LogP contribution in [0.1, 0.15) is 51.0 Å². The monoisotopic (exact) mass is 415 g/mol. The van der Waals surface area contributed by atoms with Gasteiger partial charge >= 0.3 is 0 Å². The lowest BCUT2D eigenvalue weighted by Crippen LogP contribution is -2.46. The largest absolute Gasteiger partial charge is 0.393 e. The van der Waals surface area contributed by atoms with E-state index in [-0.39, 0.29) is 6.10 Å². The Bertz CT molecular complexity index is 607. The highest BCUT2D eigenvalue weighted by Crippen LogP contribution is 2.18. The van der Waals surface area contributed by atoms with Gasteiger partial charge in [-0.25, -0.2) is 0 Å². The number of aliphatic hydroxyl groups is 1. The molecule has 0 atom stereocenters. The molecule has 30 heavy (non-hydrogen) atoms. The summed E-state index contributed by atoms with van der Waals surface area (Å²) < 4.78 is 0. The summed E-state index contributed by atoms with van der Waals surface area (Å²) in [6.45, 7) is 10.8. The van der Waals surface area contributed by atoms with E-state index in [0.29, 0.717) is 6.04 Å². The van der Waals surface area contributed by atoms with E-state index in [1.54, 1.807) is 0 Å². The second-order valence-corrected chi connectivity index (χ2v) is 8.72. The van der Waals surface area contributed by atoms with Gasteiger partial charge in [-0.3, -0.25) is 9.89 Å². The Kier molecular flexibility index (Phi) is 9.93. The number of aliphatic imine (C=N–C) groups is 1. The first-order valence-electron chi connectivity index (χ1n) is 11.9. The quantitative estimate of drug-likeness (QED) is 0.329. The summed E-state index contributed by atoms with van der Waals surface area (Å²) in [5, 5.41) is 16.6. The molecule has 0 amide bonds. The summed E-state index contributed by atoms with van der Waals surface area (Å²) in [6.07, 6.45) is 6.08. The normalized spacial score (nSPS) is 24.0. The van der Waals surface area contributed by atoms with Gasteiger partial charge in [-0.2, -0.15) is 0 Å². The molecular weight excluding hydrogens is 374 g/mol. The zero-order chi connectivity index (χ0) is 21.0. The SMILES string of the molecule is CCNC(=NCCCCN1CCN(Cc2ccccc2)CC1)NC1CCC(O)CC1. The van der Waals surface area contributed by atoms with Gasteiger partial charge in [0.2, 0.25) is 0 Å². The molecule has 6 heteroatoms. The summed E-state index contributed by atoms with van der Waals surface area (Å²) in [7, 11) is 0. The van der Waals surface area contributed by atoms with Crippen LogP contribution < -0.4 is 10.6 Å². The van der Waals surface area contributed by atoms with Crippen molar-refractivity contribution in [3.8, 4) is 0 Å². The third-order valence-corrected chi connectivity index (χ3v) is 6.25. The lowest BCUT2D eigenvalue weighted by molar-refractivity contribution is 0.120. The molecule has 1 aromatic rings. The molecule has 2 fully saturated rings. The molecule has 1 saturated heterocycles. The number of rotatable bonds is 9. The maximum atomic E-state index is 9.67. The number of nitrogens with zero attached hydrogens (tertiary/aromatic N) is 3. The number of aliphatic hydroxyl groups excluding tert-OH is 1. The molecule has 6 nitrogen and oxygen atoms in total. The lowest BCUT2D eigenvalue weighted by Gasteiger charge is -2.34. The van der Waals surface area contributed by atoms with Gasteiger partial charge in [0, 0.05) is 51.9 Å². The van der Waals surface area contributed by atoms with Crippen molar-refractivity contribution in [2.75, 3.05) is 45.8 Å². The number of hydrogen-bond donors (Lipinski definition) is 3. The van der Waals surface area contributed by atoms with Crippen LogP contribution in [0.3, 0.4) is 0 Å². The van der Waals surface area contributed by atoms with Crippen LogP contribution in [-0.4, -0.2) is 78.8 Å². The number of benzene rings is 1. The average Bonchev–Trinajstić information content (AvgIpc) is 2.77. The van der Waals surface area contributed by atoms with Crippen LogP contribution in [0.2, 0.25) is 0 Å². The Morgan fingerprint density at radius 1 is 1.00 bits per heavy atom. The summed E-state index contributed by atoms with van der Waals surface area (Å²) >= 11 is 0. The molecule has 0 spiro atoms. The van der Waals surface area contributed by atoms with Crippen LogP contribution in [0.15, 0.2) is 35.3 Å². The maximum absolute atomic E-state index is 9.67. The third-order valence-electron chi connectivity index (χ3n) is 6.25. The standard InChI is InChI=1S/C24H41N5O/c1-2-25-24(27-22-10-12-23(30)13-11-22)26-14-6-7-15-28-16-18-29(19-17-28)20-21-8-4-3-5-9-21/h3-5,8-9,22-23,30H,2,6-7,10-20H2,1H3,(H2,25,26,27). The number of unbranched alkanes of at least 4 members (excludes halogenated alkanes) is 1. The summed E-state index contributed by atoms with van der Waals surface area (Å²) in [4.78, 5) is 9.94. The van der Waals surface area contributed by atoms with E-state index in [4.69, 9.17) is 4.99 Å². The third kappa shape index (κ3) is 8.25. The first-order valence-corrected chi connectivity index (χ1v) is 11.9. The number of hydrogen-bond acceptors (Lipinski definition) is 4. The first kappa shape index (κ1) is 23.0. The fourth-order valence-corrected chi connectivity index (χ4v) is 4.38. The molecule has 1 heterocycles. The molecule has 3 rings (SSSR count). The minimum Gasteiger partial charge on any atom is -0.393 e. The van der Waals surface area contributed by atoms with Crippen molar-refractivity contribution >= 4 is 5.96 Å². The Morgan fingerprint density at radius 3 is 2.40 bits per heavy atom.